The lowest BCUT2D eigenvalue weighted by Crippen LogP contribution is -2.40. The summed E-state index contributed by atoms with van der Waals surface area (Å²) in [6, 6.07) is -0.0622. The topological polar surface area (TPSA) is 73.8 Å². The minimum absolute atomic E-state index is 0.0622. The maximum atomic E-state index is 12.5. The lowest BCUT2D eigenvalue weighted by Gasteiger charge is -2.13. The number of nitrogens with zero attached hydrogens (tertiary/aromatic N) is 4. The van der Waals surface area contributed by atoms with Crippen molar-refractivity contribution >= 4 is 17.1 Å². The molecule has 2 aromatic rings. The molecular weight excluding hydrogens is 258 g/mol. The zero-order chi connectivity index (χ0) is 15.0. The Hall–Kier alpha value is -2.05. The minimum Gasteiger partial charge on any atom is -0.356 e. The number of hydrogen-bond acceptors (Lipinski definition) is 4. The number of anilines is 1. The Morgan fingerprint density at radius 1 is 1.25 bits per heavy atom. The van der Waals surface area contributed by atoms with Gasteiger partial charge in [0.15, 0.2) is 11.2 Å². The largest absolute Gasteiger partial charge is 0.356 e. The van der Waals surface area contributed by atoms with Gasteiger partial charge in [-0.2, -0.15) is 4.98 Å². The first-order chi connectivity index (χ1) is 9.43. The lowest BCUT2D eigenvalue weighted by molar-refractivity contribution is 0.533. The predicted octanol–water partition coefficient (Wildman–Crippen LogP) is 0.929. The number of fused-ring (bicyclic) bond motifs is 1. The fraction of sp³-hybridized carbons (Fsp3) is 0.615. The van der Waals surface area contributed by atoms with Gasteiger partial charge >= 0.3 is 5.69 Å². The van der Waals surface area contributed by atoms with Crippen LogP contribution in [-0.4, -0.2) is 25.2 Å². The summed E-state index contributed by atoms with van der Waals surface area (Å²) in [4.78, 5) is 29.3. The van der Waals surface area contributed by atoms with Gasteiger partial charge in [0.2, 0.25) is 5.95 Å². The average Bonchev–Trinajstić information content (AvgIpc) is 2.67. The molecule has 0 unspecified atom stereocenters. The Morgan fingerprint density at radius 2 is 1.90 bits per heavy atom. The van der Waals surface area contributed by atoms with E-state index < -0.39 is 0 Å². The first-order valence-corrected chi connectivity index (χ1v) is 6.89. The summed E-state index contributed by atoms with van der Waals surface area (Å²) in [5, 5.41) is 3.10. The number of aromatic nitrogens is 4. The third-order valence-corrected chi connectivity index (χ3v) is 3.36. The van der Waals surface area contributed by atoms with Crippen molar-refractivity contribution in [2.45, 2.75) is 40.3 Å². The molecule has 0 aliphatic carbocycles. The van der Waals surface area contributed by atoms with Crippen LogP contribution in [0.1, 0.15) is 33.7 Å². The first-order valence-electron chi connectivity index (χ1n) is 6.89. The molecule has 0 bridgehead atoms. The second-order valence-electron chi connectivity index (χ2n) is 4.99. The Kier molecular flexibility index (Phi) is 3.69. The highest BCUT2D eigenvalue weighted by Crippen LogP contribution is 2.16. The van der Waals surface area contributed by atoms with Crippen LogP contribution < -0.4 is 16.6 Å². The van der Waals surface area contributed by atoms with Gasteiger partial charge in [-0.05, 0) is 27.7 Å². The lowest BCUT2D eigenvalue weighted by atomic mass is 10.3. The molecule has 2 aromatic heterocycles. The molecule has 2 rings (SSSR count). The molecular formula is C13H21N5O2. The molecule has 110 valence electrons. The van der Waals surface area contributed by atoms with Gasteiger partial charge in [0.25, 0.3) is 5.56 Å². The van der Waals surface area contributed by atoms with E-state index in [4.69, 9.17) is 0 Å². The SMILES string of the molecule is CCNc1nc2c(c(=O)n(CC)c(=O)n2C(C)C)n1C. The molecule has 1 N–H and O–H groups in total. The highest BCUT2D eigenvalue weighted by molar-refractivity contribution is 5.74. The highest BCUT2D eigenvalue weighted by atomic mass is 16.2. The molecule has 0 fully saturated rings. The van der Waals surface area contributed by atoms with Crippen LogP contribution in [0, 0.1) is 0 Å². The van der Waals surface area contributed by atoms with Gasteiger partial charge in [0.1, 0.15) is 0 Å². The summed E-state index contributed by atoms with van der Waals surface area (Å²) in [6.45, 7) is 8.62. The molecule has 0 amide bonds. The number of aryl methyl sites for hydroxylation is 1. The molecule has 0 aliphatic rings. The highest BCUT2D eigenvalue weighted by Gasteiger charge is 2.20. The van der Waals surface area contributed by atoms with Crippen LogP contribution >= 0.6 is 0 Å². The molecule has 20 heavy (non-hydrogen) atoms. The van der Waals surface area contributed by atoms with E-state index in [9.17, 15) is 9.59 Å². The average molecular weight is 279 g/mol. The summed E-state index contributed by atoms with van der Waals surface area (Å²) in [5.74, 6) is 0.599. The van der Waals surface area contributed by atoms with Gasteiger partial charge < -0.3 is 9.88 Å². The van der Waals surface area contributed by atoms with E-state index in [1.807, 2.05) is 20.8 Å². The Bertz CT molecular complexity index is 751. The summed E-state index contributed by atoms with van der Waals surface area (Å²) in [7, 11) is 1.78. The number of hydrogen-bond donors (Lipinski definition) is 1. The van der Waals surface area contributed by atoms with E-state index in [0.29, 0.717) is 30.2 Å². The van der Waals surface area contributed by atoms with Crippen LogP contribution in [0.4, 0.5) is 5.95 Å². The van der Waals surface area contributed by atoms with E-state index in [-0.39, 0.29) is 17.3 Å². The zero-order valence-electron chi connectivity index (χ0n) is 12.6. The molecule has 0 atom stereocenters. The monoisotopic (exact) mass is 279 g/mol. The molecule has 0 aromatic carbocycles. The maximum Gasteiger partial charge on any atom is 0.332 e. The summed E-state index contributed by atoms with van der Waals surface area (Å²) in [5.41, 5.74) is 0.305. The van der Waals surface area contributed by atoms with E-state index in [1.165, 1.54) is 4.57 Å². The van der Waals surface area contributed by atoms with Gasteiger partial charge in [0, 0.05) is 26.2 Å². The molecule has 0 saturated heterocycles. The zero-order valence-corrected chi connectivity index (χ0v) is 12.6. The van der Waals surface area contributed by atoms with E-state index in [2.05, 4.69) is 10.3 Å². The normalized spacial score (nSPS) is 11.5. The molecule has 0 aliphatic heterocycles. The van der Waals surface area contributed by atoms with Crippen molar-refractivity contribution in [2.75, 3.05) is 11.9 Å². The smallest absolute Gasteiger partial charge is 0.332 e. The maximum absolute atomic E-state index is 12.5. The Morgan fingerprint density at radius 3 is 2.40 bits per heavy atom. The van der Waals surface area contributed by atoms with Gasteiger partial charge in [-0.3, -0.25) is 13.9 Å². The molecule has 0 saturated carbocycles. The van der Waals surface area contributed by atoms with Crippen molar-refractivity contribution in [3.63, 3.8) is 0 Å². The van der Waals surface area contributed by atoms with Crippen LogP contribution in [-0.2, 0) is 13.6 Å². The minimum atomic E-state index is -0.304. The van der Waals surface area contributed by atoms with Crippen LogP contribution in [0.15, 0.2) is 9.59 Å². The number of nitrogens with one attached hydrogen (secondary N) is 1. The second kappa shape index (κ2) is 5.15. The quantitative estimate of drug-likeness (QED) is 0.903. The van der Waals surface area contributed by atoms with Crippen molar-refractivity contribution in [3.05, 3.63) is 20.8 Å². The Labute approximate surface area is 116 Å². The van der Waals surface area contributed by atoms with E-state index in [0.717, 1.165) is 0 Å². The predicted molar refractivity (Wildman–Crippen MR) is 79.5 cm³/mol. The molecule has 7 heteroatoms. The fourth-order valence-electron chi connectivity index (χ4n) is 2.39. The van der Waals surface area contributed by atoms with Crippen molar-refractivity contribution in [1.82, 2.24) is 18.7 Å². The molecule has 2 heterocycles. The van der Waals surface area contributed by atoms with E-state index >= 15 is 0 Å². The third-order valence-electron chi connectivity index (χ3n) is 3.36. The number of rotatable bonds is 4. The van der Waals surface area contributed by atoms with Crippen LogP contribution in [0.5, 0.6) is 0 Å². The molecule has 7 nitrogen and oxygen atoms in total. The van der Waals surface area contributed by atoms with Crippen molar-refractivity contribution in [1.29, 1.82) is 0 Å². The summed E-state index contributed by atoms with van der Waals surface area (Å²) >= 11 is 0. The summed E-state index contributed by atoms with van der Waals surface area (Å²) in [6.07, 6.45) is 0. The van der Waals surface area contributed by atoms with E-state index in [1.54, 1.807) is 23.1 Å². The molecule has 0 radical (unpaired) electrons. The Balaban J connectivity index is 3.00. The van der Waals surface area contributed by atoms with Crippen LogP contribution in [0.3, 0.4) is 0 Å². The third kappa shape index (κ3) is 1.93. The van der Waals surface area contributed by atoms with Crippen molar-refractivity contribution in [3.8, 4) is 0 Å². The molecule has 0 spiro atoms. The van der Waals surface area contributed by atoms with Crippen molar-refractivity contribution < 1.29 is 0 Å². The van der Waals surface area contributed by atoms with Crippen molar-refractivity contribution in [2.24, 2.45) is 7.05 Å². The van der Waals surface area contributed by atoms with Crippen LogP contribution in [0.25, 0.3) is 11.2 Å². The number of imidazole rings is 1. The van der Waals surface area contributed by atoms with Gasteiger partial charge in [-0.15, -0.1) is 0 Å². The standard InChI is InChI=1S/C13H21N5O2/c1-6-14-12-15-10-9(16(12)5)11(19)17(7-2)13(20)18(10)8(3)4/h8H,6-7H2,1-5H3,(H,14,15). The van der Waals surface area contributed by atoms with Gasteiger partial charge in [-0.25, -0.2) is 4.79 Å². The second-order valence-corrected chi connectivity index (χ2v) is 4.99. The van der Waals surface area contributed by atoms with Gasteiger partial charge in [-0.1, -0.05) is 0 Å². The fourth-order valence-corrected chi connectivity index (χ4v) is 2.39. The summed E-state index contributed by atoms with van der Waals surface area (Å²) < 4.78 is 4.53. The first kappa shape index (κ1) is 14.4. The van der Waals surface area contributed by atoms with Crippen LogP contribution in [0.2, 0.25) is 0 Å². The van der Waals surface area contributed by atoms with Gasteiger partial charge in [0.05, 0.1) is 0 Å².